The highest BCUT2D eigenvalue weighted by Crippen LogP contribution is 2.19. The van der Waals surface area contributed by atoms with Gasteiger partial charge in [-0.1, -0.05) is 0 Å². The first kappa shape index (κ1) is 14.0. The summed E-state index contributed by atoms with van der Waals surface area (Å²) in [5.74, 6) is 0.421. The first-order chi connectivity index (χ1) is 10.8. The average Bonchev–Trinajstić information content (AvgIpc) is 2.57. The zero-order chi connectivity index (χ0) is 15.4. The van der Waals surface area contributed by atoms with Crippen LogP contribution in [-0.4, -0.2) is 16.4 Å². The van der Waals surface area contributed by atoms with Crippen molar-refractivity contribution in [3.8, 4) is 22.6 Å². The molecule has 4 nitrogen and oxygen atoms in total. The highest BCUT2D eigenvalue weighted by molar-refractivity contribution is 5.62. The van der Waals surface area contributed by atoms with Crippen LogP contribution >= 0.6 is 0 Å². The number of ether oxygens (including phenoxy) is 1. The summed E-state index contributed by atoms with van der Waals surface area (Å²) in [5, 5.41) is 0. The number of benzene rings is 1. The number of nitrogens with zero attached hydrogens (tertiary/aromatic N) is 2. The Hall–Kier alpha value is -2.95. The monoisotopic (exact) mass is 296 g/mol. The molecular formula is C17H13FN2O2. The number of hydrogen-bond acceptors (Lipinski definition) is 3. The summed E-state index contributed by atoms with van der Waals surface area (Å²) >= 11 is 0. The van der Waals surface area contributed by atoms with Gasteiger partial charge in [0, 0.05) is 30.3 Å². The lowest BCUT2D eigenvalue weighted by Crippen LogP contribution is -2.16. The van der Waals surface area contributed by atoms with Gasteiger partial charge in [-0.15, -0.1) is 0 Å². The van der Waals surface area contributed by atoms with E-state index in [-0.39, 0.29) is 5.56 Å². The molecule has 0 radical (unpaired) electrons. The van der Waals surface area contributed by atoms with Crippen LogP contribution in [-0.2, 0) is 0 Å². The van der Waals surface area contributed by atoms with Crippen molar-refractivity contribution in [3.05, 3.63) is 77.5 Å². The zero-order valence-electron chi connectivity index (χ0n) is 11.6. The maximum Gasteiger partial charge on any atom is 0.255 e. The largest absolute Gasteiger partial charge is 0.463 e. The third kappa shape index (κ3) is 2.88. The summed E-state index contributed by atoms with van der Waals surface area (Å²) in [6, 6.07) is 13.7. The fourth-order valence-corrected chi connectivity index (χ4v) is 2.17. The Bertz CT molecular complexity index is 814. The van der Waals surface area contributed by atoms with E-state index in [0.29, 0.717) is 11.4 Å². The van der Waals surface area contributed by atoms with Crippen molar-refractivity contribution in [2.75, 3.05) is 6.86 Å². The highest BCUT2D eigenvalue weighted by atomic mass is 19.1. The van der Waals surface area contributed by atoms with Gasteiger partial charge in [0.1, 0.15) is 5.75 Å². The van der Waals surface area contributed by atoms with Crippen molar-refractivity contribution in [2.45, 2.75) is 0 Å². The molecule has 3 aromatic rings. The van der Waals surface area contributed by atoms with E-state index in [1.54, 1.807) is 48.9 Å². The van der Waals surface area contributed by atoms with Gasteiger partial charge in [-0.2, -0.15) is 0 Å². The lowest BCUT2D eigenvalue weighted by Gasteiger charge is -2.09. The summed E-state index contributed by atoms with van der Waals surface area (Å²) < 4.78 is 18.4. The number of halogens is 1. The maximum atomic E-state index is 12.1. The van der Waals surface area contributed by atoms with E-state index < -0.39 is 6.86 Å². The molecule has 0 N–H and O–H groups in total. The van der Waals surface area contributed by atoms with Gasteiger partial charge in [-0.05, 0) is 53.6 Å². The van der Waals surface area contributed by atoms with Gasteiger partial charge in [0.25, 0.3) is 5.56 Å². The molecular weight excluding hydrogens is 283 g/mol. The molecule has 3 rings (SSSR count). The Labute approximate surface area is 126 Å². The van der Waals surface area contributed by atoms with Crippen LogP contribution in [0.5, 0.6) is 5.75 Å². The van der Waals surface area contributed by atoms with Crippen LogP contribution in [0.2, 0.25) is 0 Å². The second-order valence-electron chi connectivity index (χ2n) is 4.61. The first-order valence-corrected chi connectivity index (χ1v) is 6.70. The first-order valence-electron chi connectivity index (χ1n) is 6.70. The van der Waals surface area contributed by atoms with E-state index in [2.05, 4.69) is 4.98 Å². The summed E-state index contributed by atoms with van der Waals surface area (Å²) in [5.41, 5.74) is 2.43. The second kappa shape index (κ2) is 6.22. The van der Waals surface area contributed by atoms with E-state index in [9.17, 15) is 9.18 Å². The number of rotatable bonds is 4. The van der Waals surface area contributed by atoms with Crippen molar-refractivity contribution >= 4 is 0 Å². The molecule has 0 spiro atoms. The summed E-state index contributed by atoms with van der Waals surface area (Å²) in [4.78, 5) is 16.1. The summed E-state index contributed by atoms with van der Waals surface area (Å²) in [6.07, 6.45) is 5.17. The van der Waals surface area contributed by atoms with E-state index in [0.717, 1.165) is 11.1 Å². The molecule has 2 aromatic heterocycles. The van der Waals surface area contributed by atoms with Crippen LogP contribution in [0.3, 0.4) is 0 Å². The quantitative estimate of drug-likeness (QED) is 0.742. The summed E-state index contributed by atoms with van der Waals surface area (Å²) in [6.45, 7) is -0.878. The standard InChI is InChI=1S/C17H13FN2O2/c18-12-22-16-4-2-15(3-5-16)20-11-14(1-6-17(20)21)13-7-9-19-10-8-13/h1-11H,12H2. The van der Waals surface area contributed by atoms with E-state index >= 15 is 0 Å². The molecule has 1 aromatic carbocycles. The lowest BCUT2D eigenvalue weighted by molar-refractivity contribution is 0.192. The van der Waals surface area contributed by atoms with Crippen molar-refractivity contribution in [2.24, 2.45) is 0 Å². The van der Waals surface area contributed by atoms with Gasteiger partial charge >= 0.3 is 0 Å². The molecule has 0 fully saturated rings. The molecule has 0 saturated heterocycles. The van der Waals surface area contributed by atoms with Gasteiger partial charge in [0.05, 0.1) is 0 Å². The topological polar surface area (TPSA) is 44.1 Å². The van der Waals surface area contributed by atoms with Gasteiger partial charge in [-0.3, -0.25) is 14.3 Å². The van der Waals surface area contributed by atoms with Crippen LogP contribution in [0.15, 0.2) is 71.9 Å². The van der Waals surface area contributed by atoms with E-state index in [1.807, 2.05) is 12.1 Å². The SMILES string of the molecule is O=c1ccc(-c2ccncc2)cn1-c1ccc(OCF)cc1. The molecule has 110 valence electrons. The second-order valence-corrected chi connectivity index (χ2v) is 4.61. The van der Waals surface area contributed by atoms with Crippen molar-refractivity contribution in [1.82, 2.24) is 9.55 Å². The molecule has 0 aliphatic rings. The van der Waals surface area contributed by atoms with Crippen LogP contribution in [0.25, 0.3) is 16.8 Å². The molecule has 2 heterocycles. The Morgan fingerprint density at radius 2 is 1.68 bits per heavy atom. The minimum Gasteiger partial charge on any atom is -0.463 e. The highest BCUT2D eigenvalue weighted by Gasteiger charge is 2.04. The molecule has 5 heteroatoms. The van der Waals surface area contributed by atoms with Gasteiger partial charge in [0.2, 0.25) is 6.86 Å². The third-order valence-corrected chi connectivity index (χ3v) is 3.26. The fraction of sp³-hybridized carbons (Fsp3) is 0.0588. The average molecular weight is 296 g/mol. The predicted octanol–water partition coefficient (Wildman–Crippen LogP) is 3.21. The molecule has 0 atom stereocenters. The van der Waals surface area contributed by atoms with Gasteiger partial charge in [0.15, 0.2) is 0 Å². The molecule has 0 aliphatic heterocycles. The Balaban J connectivity index is 2.01. The van der Waals surface area contributed by atoms with E-state index in [4.69, 9.17) is 4.74 Å². The smallest absolute Gasteiger partial charge is 0.255 e. The number of alkyl halides is 1. The number of hydrogen-bond donors (Lipinski definition) is 0. The number of aromatic nitrogens is 2. The molecule has 0 unspecified atom stereocenters. The minimum absolute atomic E-state index is 0.142. The molecule has 0 aliphatic carbocycles. The van der Waals surface area contributed by atoms with Crippen LogP contribution in [0.1, 0.15) is 0 Å². The zero-order valence-corrected chi connectivity index (χ0v) is 11.6. The lowest BCUT2D eigenvalue weighted by atomic mass is 10.1. The maximum absolute atomic E-state index is 12.1. The predicted molar refractivity (Wildman–Crippen MR) is 81.9 cm³/mol. The fourth-order valence-electron chi connectivity index (χ4n) is 2.17. The van der Waals surface area contributed by atoms with Crippen LogP contribution in [0.4, 0.5) is 4.39 Å². The van der Waals surface area contributed by atoms with Crippen LogP contribution < -0.4 is 10.3 Å². The van der Waals surface area contributed by atoms with Crippen molar-refractivity contribution < 1.29 is 9.13 Å². The van der Waals surface area contributed by atoms with Crippen LogP contribution in [0, 0.1) is 0 Å². The summed E-state index contributed by atoms with van der Waals surface area (Å²) in [7, 11) is 0. The molecule has 0 amide bonds. The Morgan fingerprint density at radius 3 is 2.36 bits per heavy atom. The molecule has 0 saturated carbocycles. The molecule has 0 bridgehead atoms. The van der Waals surface area contributed by atoms with Gasteiger partial charge in [-0.25, -0.2) is 4.39 Å². The van der Waals surface area contributed by atoms with E-state index in [1.165, 1.54) is 10.6 Å². The van der Waals surface area contributed by atoms with Crippen molar-refractivity contribution in [3.63, 3.8) is 0 Å². The minimum atomic E-state index is -0.878. The Morgan fingerprint density at radius 1 is 0.955 bits per heavy atom. The molecule has 22 heavy (non-hydrogen) atoms. The Kier molecular flexibility index (Phi) is 3.96. The van der Waals surface area contributed by atoms with Gasteiger partial charge < -0.3 is 4.74 Å². The third-order valence-electron chi connectivity index (χ3n) is 3.26. The normalized spacial score (nSPS) is 10.4. The number of pyridine rings is 2. The van der Waals surface area contributed by atoms with Crippen molar-refractivity contribution in [1.29, 1.82) is 0 Å².